The Kier molecular flexibility index (Phi) is 4.34. The van der Waals surface area contributed by atoms with Crippen LogP contribution in [0.2, 0.25) is 5.02 Å². The third-order valence-electron chi connectivity index (χ3n) is 2.91. The minimum Gasteiger partial charge on any atom is -0.468 e. The molecule has 0 N–H and O–H groups in total. The van der Waals surface area contributed by atoms with E-state index >= 15 is 0 Å². The van der Waals surface area contributed by atoms with Crippen LogP contribution in [0.3, 0.4) is 0 Å². The summed E-state index contributed by atoms with van der Waals surface area (Å²) in [6.07, 6.45) is 2.53. The van der Waals surface area contributed by atoms with Gasteiger partial charge in [-0.2, -0.15) is 5.10 Å². The van der Waals surface area contributed by atoms with Crippen molar-refractivity contribution >= 4 is 27.4 Å². The number of carbonyl (C=O) groups is 1. The van der Waals surface area contributed by atoms with E-state index in [9.17, 15) is 13.2 Å². The predicted octanol–water partition coefficient (Wildman–Crippen LogP) is 1.76. The zero-order valence-corrected chi connectivity index (χ0v) is 12.9. The van der Waals surface area contributed by atoms with Crippen molar-refractivity contribution in [2.24, 2.45) is 7.05 Å². The molecule has 0 saturated carbocycles. The second kappa shape index (κ2) is 5.87. The van der Waals surface area contributed by atoms with Gasteiger partial charge in [0.15, 0.2) is 15.1 Å². The number of rotatable bonds is 4. The van der Waals surface area contributed by atoms with Crippen LogP contribution in [-0.4, -0.2) is 31.3 Å². The van der Waals surface area contributed by atoms with Gasteiger partial charge in [0.2, 0.25) is 0 Å². The fraction of sp³-hybridized carbons (Fsp3) is 0.231. The summed E-state index contributed by atoms with van der Waals surface area (Å²) in [4.78, 5) is 11.9. The summed E-state index contributed by atoms with van der Waals surface area (Å²) >= 11 is 5.79. The van der Waals surface area contributed by atoms with Crippen molar-refractivity contribution in [3.8, 4) is 0 Å². The third-order valence-corrected chi connectivity index (χ3v) is 5.11. The molecule has 8 heteroatoms. The van der Waals surface area contributed by atoms with E-state index < -0.39 is 21.1 Å². The maximum absolute atomic E-state index is 12.6. The largest absolute Gasteiger partial charge is 0.468 e. The number of nitrogens with zero attached hydrogens (tertiary/aromatic N) is 2. The van der Waals surface area contributed by atoms with Gasteiger partial charge >= 0.3 is 5.97 Å². The number of esters is 1. The standard InChI is InChI=1S/C13H13ClN2O4S/c1-16-8-11(7-15-16)21(18,19)12(13(17)20-2)9-3-5-10(14)6-4-9/h3-8,12H,1-2H3. The number of halogens is 1. The number of aryl methyl sites for hydroxylation is 1. The molecule has 0 aliphatic rings. The van der Waals surface area contributed by atoms with Gasteiger partial charge in [0.05, 0.1) is 13.3 Å². The monoisotopic (exact) mass is 328 g/mol. The van der Waals surface area contributed by atoms with Crippen molar-refractivity contribution in [2.75, 3.05) is 7.11 Å². The molecule has 1 unspecified atom stereocenters. The Labute approximate surface area is 127 Å². The highest BCUT2D eigenvalue weighted by molar-refractivity contribution is 7.92. The van der Waals surface area contributed by atoms with Crippen molar-refractivity contribution in [3.05, 3.63) is 47.2 Å². The van der Waals surface area contributed by atoms with Gasteiger partial charge in [-0.1, -0.05) is 23.7 Å². The van der Waals surface area contributed by atoms with Crippen molar-refractivity contribution in [2.45, 2.75) is 10.1 Å². The maximum atomic E-state index is 12.6. The molecule has 0 aliphatic carbocycles. The first kappa shape index (κ1) is 15.5. The lowest BCUT2D eigenvalue weighted by atomic mass is 10.1. The summed E-state index contributed by atoms with van der Waals surface area (Å²) in [5, 5.41) is 2.81. The van der Waals surface area contributed by atoms with Gasteiger partial charge in [-0.3, -0.25) is 9.48 Å². The molecule has 1 aromatic heterocycles. The second-order valence-electron chi connectivity index (χ2n) is 4.35. The highest BCUT2D eigenvalue weighted by Crippen LogP contribution is 2.30. The molecule has 0 saturated heterocycles. The molecule has 1 aromatic carbocycles. The number of hydrogen-bond acceptors (Lipinski definition) is 5. The molecule has 0 fully saturated rings. The fourth-order valence-electron chi connectivity index (χ4n) is 1.87. The maximum Gasteiger partial charge on any atom is 0.329 e. The Morgan fingerprint density at radius 2 is 1.95 bits per heavy atom. The number of ether oxygens (including phenoxy) is 1. The topological polar surface area (TPSA) is 78.3 Å². The molecule has 1 atom stereocenters. The number of aromatic nitrogens is 2. The zero-order chi connectivity index (χ0) is 15.6. The van der Waals surface area contributed by atoms with E-state index in [2.05, 4.69) is 9.84 Å². The number of benzene rings is 1. The van der Waals surface area contributed by atoms with Gasteiger partial charge in [-0.25, -0.2) is 8.42 Å². The number of sulfone groups is 1. The number of hydrogen-bond donors (Lipinski definition) is 0. The van der Waals surface area contributed by atoms with Gasteiger partial charge in [0.1, 0.15) is 4.90 Å². The minimum absolute atomic E-state index is 0.0460. The summed E-state index contributed by atoms with van der Waals surface area (Å²) in [5.41, 5.74) is 0.287. The molecule has 112 valence electrons. The van der Waals surface area contributed by atoms with E-state index in [1.807, 2.05) is 0 Å². The Hall–Kier alpha value is -1.86. The first-order valence-corrected chi connectivity index (χ1v) is 7.84. The fourth-order valence-corrected chi connectivity index (χ4v) is 3.63. The van der Waals surface area contributed by atoms with Crippen LogP contribution in [0.15, 0.2) is 41.6 Å². The lowest BCUT2D eigenvalue weighted by Gasteiger charge is -2.15. The van der Waals surface area contributed by atoms with Gasteiger partial charge < -0.3 is 4.74 Å². The van der Waals surface area contributed by atoms with Crippen LogP contribution >= 0.6 is 11.6 Å². The third kappa shape index (κ3) is 3.08. The van der Waals surface area contributed by atoms with Crippen LogP contribution in [0.4, 0.5) is 0 Å². The first-order chi connectivity index (χ1) is 9.86. The second-order valence-corrected chi connectivity index (χ2v) is 6.82. The summed E-state index contributed by atoms with van der Waals surface area (Å²) in [6.45, 7) is 0. The van der Waals surface area contributed by atoms with Crippen LogP contribution in [-0.2, 0) is 26.4 Å². The molecule has 0 aliphatic heterocycles. The van der Waals surface area contributed by atoms with Gasteiger partial charge in [0, 0.05) is 18.3 Å². The molecule has 0 spiro atoms. The Balaban J connectivity index is 2.55. The average Bonchev–Trinajstić information content (AvgIpc) is 2.88. The molecular weight excluding hydrogens is 316 g/mol. The average molecular weight is 329 g/mol. The molecule has 0 bridgehead atoms. The Morgan fingerprint density at radius 1 is 1.33 bits per heavy atom. The molecule has 21 heavy (non-hydrogen) atoms. The van der Waals surface area contributed by atoms with Gasteiger partial charge in [-0.15, -0.1) is 0 Å². The summed E-state index contributed by atoms with van der Waals surface area (Å²) in [5.74, 6) is -0.860. The van der Waals surface area contributed by atoms with Crippen LogP contribution in [0.1, 0.15) is 10.8 Å². The quantitative estimate of drug-likeness (QED) is 0.799. The van der Waals surface area contributed by atoms with E-state index in [1.54, 1.807) is 7.05 Å². The van der Waals surface area contributed by atoms with Crippen LogP contribution < -0.4 is 0 Å². The summed E-state index contributed by atoms with van der Waals surface area (Å²) < 4.78 is 31.3. The number of carbonyl (C=O) groups excluding carboxylic acids is 1. The molecule has 0 amide bonds. The smallest absolute Gasteiger partial charge is 0.329 e. The Morgan fingerprint density at radius 3 is 2.43 bits per heavy atom. The first-order valence-electron chi connectivity index (χ1n) is 5.92. The highest BCUT2D eigenvalue weighted by atomic mass is 35.5. The molecule has 2 aromatic rings. The van der Waals surface area contributed by atoms with Crippen LogP contribution in [0, 0.1) is 0 Å². The SMILES string of the molecule is COC(=O)C(c1ccc(Cl)cc1)S(=O)(=O)c1cnn(C)c1. The van der Waals surface area contributed by atoms with Crippen molar-refractivity contribution in [3.63, 3.8) is 0 Å². The number of methoxy groups -OCH3 is 1. The van der Waals surface area contributed by atoms with Crippen molar-refractivity contribution in [1.82, 2.24) is 9.78 Å². The predicted molar refractivity (Wildman–Crippen MR) is 76.6 cm³/mol. The Bertz CT molecular complexity index is 753. The molecule has 0 radical (unpaired) electrons. The van der Waals surface area contributed by atoms with Gasteiger partial charge in [0.25, 0.3) is 0 Å². The molecular formula is C13H13ClN2O4S. The van der Waals surface area contributed by atoms with E-state index in [0.29, 0.717) is 5.02 Å². The molecule has 6 nitrogen and oxygen atoms in total. The molecule has 2 rings (SSSR count). The van der Waals surface area contributed by atoms with E-state index in [1.165, 1.54) is 41.3 Å². The lowest BCUT2D eigenvalue weighted by molar-refractivity contribution is -0.140. The van der Waals surface area contributed by atoms with E-state index in [0.717, 1.165) is 7.11 Å². The van der Waals surface area contributed by atoms with Crippen LogP contribution in [0.5, 0.6) is 0 Å². The lowest BCUT2D eigenvalue weighted by Crippen LogP contribution is -2.23. The molecule has 1 heterocycles. The van der Waals surface area contributed by atoms with Crippen molar-refractivity contribution in [1.29, 1.82) is 0 Å². The minimum atomic E-state index is -3.96. The highest BCUT2D eigenvalue weighted by Gasteiger charge is 2.37. The van der Waals surface area contributed by atoms with E-state index in [4.69, 9.17) is 11.6 Å². The summed E-state index contributed by atoms with van der Waals surface area (Å²) in [7, 11) is -1.22. The van der Waals surface area contributed by atoms with E-state index in [-0.39, 0.29) is 10.5 Å². The van der Waals surface area contributed by atoms with Crippen molar-refractivity contribution < 1.29 is 17.9 Å². The normalized spacial score (nSPS) is 12.9. The summed E-state index contributed by atoms with van der Waals surface area (Å²) in [6, 6.07) is 6.01. The van der Waals surface area contributed by atoms with Crippen LogP contribution in [0.25, 0.3) is 0 Å². The zero-order valence-electron chi connectivity index (χ0n) is 11.4. The van der Waals surface area contributed by atoms with Gasteiger partial charge in [-0.05, 0) is 17.7 Å².